The van der Waals surface area contributed by atoms with Gasteiger partial charge in [0, 0.05) is 19.1 Å². The second kappa shape index (κ2) is 7.21. The summed E-state index contributed by atoms with van der Waals surface area (Å²) in [6.07, 6.45) is -2.60. The topological polar surface area (TPSA) is 55.6 Å². The van der Waals surface area contributed by atoms with Gasteiger partial charge in [0.25, 0.3) is 5.91 Å². The quantitative estimate of drug-likeness (QED) is 0.923. The third-order valence-corrected chi connectivity index (χ3v) is 4.11. The van der Waals surface area contributed by atoms with E-state index in [-0.39, 0.29) is 24.3 Å². The number of nitrogens with two attached hydrogens (primary N) is 1. The summed E-state index contributed by atoms with van der Waals surface area (Å²) in [5, 5.41) is 0. The molecule has 1 aliphatic heterocycles. The number of piperidine rings is 1. The molecule has 0 radical (unpaired) electrons. The summed E-state index contributed by atoms with van der Waals surface area (Å²) in [5.41, 5.74) is 4.97. The number of hydrogen-bond donors (Lipinski definition) is 1. The zero-order valence-electron chi connectivity index (χ0n) is 13.0. The first kappa shape index (κ1) is 17.6. The van der Waals surface area contributed by atoms with Crippen LogP contribution in [0, 0.1) is 5.92 Å². The zero-order valence-corrected chi connectivity index (χ0v) is 13.0. The van der Waals surface area contributed by atoms with Gasteiger partial charge >= 0.3 is 6.18 Å². The largest absolute Gasteiger partial charge is 0.484 e. The van der Waals surface area contributed by atoms with Crippen LogP contribution in [0.5, 0.6) is 5.75 Å². The monoisotopic (exact) mass is 330 g/mol. The van der Waals surface area contributed by atoms with E-state index < -0.39 is 11.7 Å². The summed E-state index contributed by atoms with van der Waals surface area (Å²) in [6.45, 7) is 2.97. The molecule has 2 unspecified atom stereocenters. The van der Waals surface area contributed by atoms with Gasteiger partial charge in [0.05, 0.1) is 5.56 Å². The van der Waals surface area contributed by atoms with Crippen molar-refractivity contribution in [3.8, 4) is 5.75 Å². The summed E-state index contributed by atoms with van der Waals surface area (Å²) in [6, 6.07) is 4.31. The lowest BCUT2D eigenvalue weighted by Gasteiger charge is -2.37. The van der Waals surface area contributed by atoms with E-state index in [4.69, 9.17) is 10.5 Å². The van der Waals surface area contributed by atoms with Crippen LogP contribution in [0.1, 0.15) is 25.3 Å². The van der Waals surface area contributed by atoms with Crippen LogP contribution in [0.25, 0.3) is 0 Å². The standard InChI is InChI=1S/C16H21F3N2O2/c1-11-6-7-21(13(8-11)9-20)15(22)10-23-14-4-2-12(3-5-14)16(17,18)19/h2-5,11,13H,6-10,20H2,1H3. The summed E-state index contributed by atoms with van der Waals surface area (Å²) in [7, 11) is 0. The van der Waals surface area contributed by atoms with Crippen molar-refractivity contribution in [2.24, 2.45) is 11.7 Å². The molecule has 1 amide bonds. The third kappa shape index (κ3) is 4.60. The first-order valence-corrected chi connectivity index (χ1v) is 7.61. The fourth-order valence-electron chi connectivity index (χ4n) is 2.77. The van der Waals surface area contributed by atoms with Gasteiger partial charge < -0.3 is 15.4 Å². The Morgan fingerprint density at radius 3 is 2.57 bits per heavy atom. The Kier molecular flexibility index (Phi) is 5.51. The molecule has 0 bridgehead atoms. The van der Waals surface area contributed by atoms with Crippen LogP contribution in [0.3, 0.4) is 0 Å². The summed E-state index contributed by atoms with van der Waals surface area (Å²) < 4.78 is 42.7. The van der Waals surface area contributed by atoms with Crippen molar-refractivity contribution < 1.29 is 22.7 Å². The molecular weight excluding hydrogens is 309 g/mol. The molecule has 0 aromatic heterocycles. The van der Waals surface area contributed by atoms with Gasteiger partial charge in [-0.05, 0) is 43.0 Å². The lowest BCUT2D eigenvalue weighted by atomic mass is 9.92. The van der Waals surface area contributed by atoms with Crippen molar-refractivity contribution in [1.82, 2.24) is 4.90 Å². The van der Waals surface area contributed by atoms with Gasteiger partial charge in [-0.15, -0.1) is 0 Å². The van der Waals surface area contributed by atoms with Crippen LogP contribution < -0.4 is 10.5 Å². The highest BCUT2D eigenvalue weighted by Gasteiger charge is 2.31. The number of benzene rings is 1. The van der Waals surface area contributed by atoms with Crippen molar-refractivity contribution in [2.45, 2.75) is 32.0 Å². The molecule has 1 aliphatic rings. The number of nitrogens with zero attached hydrogens (tertiary/aromatic N) is 1. The van der Waals surface area contributed by atoms with Gasteiger partial charge in [0.2, 0.25) is 0 Å². The highest BCUT2D eigenvalue weighted by atomic mass is 19.4. The van der Waals surface area contributed by atoms with Crippen LogP contribution in [0.2, 0.25) is 0 Å². The van der Waals surface area contributed by atoms with Crippen LogP contribution in [-0.4, -0.2) is 36.5 Å². The zero-order chi connectivity index (χ0) is 17.0. The molecule has 0 spiro atoms. The number of likely N-dealkylation sites (tertiary alicyclic amines) is 1. The van der Waals surface area contributed by atoms with Gasteiger partial charge in [-0.1, -0.05) is 6.92 Å². The Morgan fingerprint density at radius 2 is 2.00 bits per heavy atom. The van der Waals surface area contributed by atoms with E-state index in [0.29, 0.717) is 19.0 Å². The number of carbonyl (C=O) groups is 1. The fourth-order valence-corrected chi connectivity index (χ4v) is 2.77. The van der Waals surface area contributed by atoms with E-state index in [2.05, 4.69) is 6.92 Å². The third-order valence-electron chi connectivity index (χ3n) is 4.11. The van der Waals surface area contributed by atoms with Crippen molar-refractivity contribution in [2.75, 3.05) is 19.7 Å². The van der Waals surface area contributed by atoms with E-state index in [1.165, 1.54) is 12.1 Å². The minimum absolute atomic E-state index is 0.00227. The van der Waals surface area contributed by atoms with Gasteiger partial charge in [-0.25, -0.2) is 0 Å². The molecule has 0 aliphatic carbocycles. The molecule has 0 saturated carbocycles. The fraction of sp³-hybridized carbons (Fsp3) is 0.562. The molecule has 2 atom stereocenters. The van der Waals surface area contributed by atoms with Crippen LogP contribution in [0.4, 0.5) is 13.2 Å². The Hall–Kier alpha value is -1.76. The predicted octanol–water partition coefficient (Wildman–Crippen LogP) is 2.67. The summed E-state index contributed by atoms with van der Waals surface area (Å²) in [4.78, 5) is 14.0. The summed E-state index contributed by atoms with van der Waals surface area (Å²) >= 11 is 0. The van der Waals surface area contributed by atoms with Crippen molar-refractivity contribution in [3.63, 3.8) is 0 Å². The van der Waals surface area contributed by atoms with Crippen molar-refractivity contribution in [3.05, 3.63) is 29.8 Å². The molecule has 1 saturated heterocycles. The SMILES string of the molecule is CC1CCN(C(=O)COc2ccc(C(F)(F)F)cc2)C(CN)C1. The lowest BCUT2D eigenvalue weighted by molar-refractivity contribution is -0.138. The lowest BCUT2D eigenvalue weighted by Crippen LogP contribution is -2.50. The maximum atomic E-state index is 12.5. The highest BCUT2D eigenvalue weighted by Crippen LogP contribution is 2.30. The highest BCUT2D eigenvalue weighted by molar-refractivity contribution is 5.78. The molecule has 1 aromatic rings. The number of hydrogen-bond acceptors (Lipinski definition) is 3. The second-order valence-corrected chi connectivity index (χ2v) is 5.92. The van der Waals surface area contributed by atoms with E-state index in [0.717, 1.165) is 25.0 Å². The molecule has 23 heavy (non-hydrogen) atoms. The molecule has 1 heterocycles. The van der Waals surface area contributed by atoms with Crippen LogP contribution in [-0.2, 0) is 11.0 Å². The Morgan fingerprint density at radius 1 is 1.35 bits per heavy atom. The Balaban J connectivity index is 1.91. The summed E-state index contributed by atoms with van der Waals surface area (Å²) in [5.74, 6) is 0.580. The smallest absolute Gasteiger partial charge is 0.416 e. The van der Waals surface area contributed by atoms with Crippen LogP contribution in [0.15, 0.2) is 24.3 Å². The van der Waals surface area contributed by atoms with Crippen molar-refractivity contribution in [1.29, 1.82) is 0 Å². The van der Waals surface area contributed by atoms with E-state index in [1.807, 2.05) is 0 Å². The normalized spacial score (nSPS) is 22.0. The van der Waals surface area contributed by atoms with E-state index >= 15 is 0 Å². The number of amides is 1. The number of ether oxygens (including phenoxy) is 1. The molecule has 2 N–H and O–H groups in total. The molecule has 1 aromatic carbocycles. The molecule has 4 nitrogen and oxygen atoms in total. The molecular formula is C16H21F3N2O2. The van der Waals surface area contributed by atoms with Gasteiger partial charge in [0.1, 0.15) is 5.75 Å². The molecule has 128 valence electrons. The Bertz CT molecular complexity index is 531. The predicted molar refractivity (Wildman–Crippen MR) is 79.9 cm³/mol. The van der Waals surface area contributed by atoms with Gasteiger partial charge in [-0.2, -0.15) is 13.2 Å². The van der Waals surface area contributed by atoms with E-state index in [1.54, 1.807) is 4.90 Å². The minimum atomic E-state index is -4.38. The molecule has 2 rings (SSSR count). The van der Waals surface area contributed by atoms with Gasteiger partial charge in [-0.3, -0.25) is 4.79 Å². The first-order valence-electron chi connectivity index (χ1n) is 7.61. The number of alkyl halides is 3. The number of halogens is 3. The van der Waals surface area contributed by atoms with E-state index in [9.17, 15) is 18.0 Å². The Labute approximate surface area is 133 Å². The molecule has 7 heteroatoms. The minimum Gasteiger partial charge on any atom is -0.484 e. The second-order valence-electron chi connectivity index (χ2n) is 5.92. The molecule has 1 fully saturated rings. The number of carbonyl (C=O) groups excluding carboxylic acids is 1. The van der Waals surface area contributed by atoms with Crippen molar-refractivity contribution >= 4 is 5.91 Å². The average molecular weight is 330 g/mol. The van der Waals surface area contributed by atoms with Crippen LogP contribution >= 0.6 is 0 Å². The maximum absolute atomic E-state index is 12.5. The number of rotatable bonds is 4. The maximum Gasteiger partial charge on any atom is 0.416 e. The van der Waals surface area contributed by atoms with Gasteiger partial charge in [0.15, 0.2) is 6.61 Å². The first-order chi connectivity index (χ1) is 10.8. The average Bonchev–Trinajstić information content (AvgIpc) is 2.52.